The molecule has 1 amide bonds. The quantitative estimate of drug-likeness (QED) is 0.163. The number of esters is 1. The first-order chi connectivity index (χ1) is 20.0. The maximum atomic E-state index is 13.6. The van der Waals surface area contributed by atoms with E-state index < -0.39 is 31.3 Å². The standard InChI is InChI=1S/C33H44N2O7Si/c1-31(2,3)42-30(38)35-24-17-34-23-15-22(29(37)39-7)16-25(40-18-21-13-11-10-12-14-21)26(23)33(19-36,28(34)27(24)35)20-41-43(8,9)32(4,5)6/h10-16,19,24,27-28H,17-18,20H2,1-9H3/t24-,27-,28+,33-,35?/m0/s1. The van der Waals surface area contributed by atoms with E-state index in [1.165, 1.54) is 7.11 Å². The van der Waals surface area contributed by atoms with Gasteiger partial charge in [0.2, 0.25) is 0 Å². The lowest BCUT2D eigenvalue weighted by atomic mass is 9.76. The number of ether oxygens (including phenoxy) is 3. The van der Waals surface area contributed by atoms with Gasteiger partial charge < -0.3 is 28.3 Å². The van der Waals surface area contributed by atoms with Gasteiger partial charge in [-0.2, -0.15) is 0 Å². The fourth-order valence-corrected chi connectivity index (χ4v) is 7.16. The molecule has 0 unspecified atom stereocenters. The van der Waals surface area contributed by atoms with Crippen LogP contribution >= 0.6 is 0 Å². The minimum absolute atomic E-state index is 0.0834. The van der Waals surface area contributed by atoms with Gasteiger partial charge in [0, 0.05) is 17.8 Å². The van der Waals surface area contributed by atoms with Crippen LogP contribution in [0.4, 0.5) is 10.5 Å². The molecule has 2 fully saturated rings. The Labute approximate surface area is 255 Å². The minimum Gasteiger partial charge on any atom is -0.488 e. The van der Waals surface area contributed by atoms with Gasteiger partial charge in [-0.1, -0.05) is 51.1 Å². The molecular weight excluding hydrogens is 564 g/mol. The number of amides is 1. The highest BCUT2D eigenvalue weighted by atomic mass is 28.4. The normalized spacial score (nSPS) is 24.2. The number of aldehydes is 1. The van der Waals surface area contributed by atoms with E-state index in [4.69, 9.17) is 18.6 Å². The zero-order valence-electron chi connectivity index (χ0n) is 26.7. The Balaban J connectivity index is 1.62. The largest absolute Gasteiger partial charge is 0.488 e. The lowest BCUT2D eigenvalue weighted by Crippen LogP contribution is -2.54. The molecule has 0 N–H and O–H groups in total. The van der Waals surface area contributed by atoms with Crippen LogP contribution in [0.5, 0.6) is 5.75 Å². The summed E-state index contributed by atoms with van der Waals surface area (Å²) in [7, 11) is -0.958. The second-order valence-electron chi connectivity index (χ2n) is 14.4. The van der Waals surface area contributed by atoms with E-state index >= 15 is 0 Å². The summed E-state index contributed by atoms with van der Waals surface area (Å²) in [5.41, 5.74) is 0.905. The summed E-state index contributed by atoms with van der Waals surface area (Å²) < 4.78 is 24.1. The highest BCUT2D eigenvalue weighted by molar-refractivity contribution is 6.74. The predicted octanol–water partition coefficient (Wildman–Crippen LogP) is 5.70. The van der Waals surface area contributed by atoms with Crippen LogP contribution in [0.1, 0.15) is 63.0 Å². The second-order valence-corrected chi connectivity index (χ2v) is 19.2. The Kier molecular flexibility index (Phi) is 7.70. The van der Waals surface area contributed by atoms with Crippen LogP contribution in [-0.2, 0) is 30.7 Å². The number of piperazine rings is 1. The van der Waals surface area contributed by atoms with Gasteiger partial charge in [-0.25, -0.2) is 9.59 Å². The summed E-state index contributed by atoms with van der Waals surface area (Å²) in [5, 5.41) is -0.0834. The van der Waals surface area contributed by atoms with Crippen molar-refractivity contribution < 1.29 is 33.0 Å². The summed E-state index contributed by atoms with van der Waals surface area (Å²) in [6, 6.07) is 12.4. The van der Waals surface area contributed by atoms with Gasteiger partial charge in [-0.3, -0.25) is 4.90 Å². The summed E-state index contributed by atoms with van der Waals surface area (Å²) in [5.74, 6) is -0.0622. The van der Waals surface area contributed by atoms with E-state index in [0.717, 1.165) is 17.5 Å². The Morgan fingerprint density at radius 1 is 1.07 bits per heavy atom. The second kappa shape index (κ2) is 10.7. The lowest BCUT2D eigenvalue weighted by Gasteiger charge is -2.41. The third-order valence-corrected chi connectivity index (χ3v) is 13.8. The maximum absolute atomic E-state index is 13.6. The summed E-state index contributed by atoms with van der Waals surface area (Å²) >= 11 is 0. The number of carbonyl (C=O) groups is 3. The van der Waals surface area contributed by atoms with Crippen molar-refractivity contribution in [1.29, 1.82) is 0 Å². The molecule has 3 heterocycles. The fraction of sp³-hybridized carbons (Fsp3) is 0.545. The number of fused-ring (bicyclic) bond motifs is 5. The van der Waals surface area contributed by atoms with Crippen molar-refractivity contribution in [3.8, 4) is 5.75 Å². The molecule has 0 radical (unpaired) electrons. The van der Waals surface area contributed by atoms with Gasteiger partial charge in [0.25, 0.3) is 0 Å². The fourth-order valence-electron chi connectivity index (χ4n) is 6.13. The zero-order valence-corrected chi connectivity index (χ0v) is 27.7. The number of hydrogen-bond donors (Lipinski definition) is 0. The van der Waals surface area contributed by atoms with E-state index in [0.29, 0.717) is 23.4 Å². The highest BCUT2D eigenvalue weighted by Crippen LogP contribution is 2.59. The zero-order chi connectivity index (χ0) is 31.5. The molecule has 0 bridgehead atoms. The molecule has 4 atom stereocenters. The number of anilines is 1. The van der Waals surface area contributed by atoms with Crippen LogP contribution in [0, 0.1) is 0 Å². The first-order valence-corrected chi connectivity index (χ1v) is 17.8. The summed E-state index contributed by atoms with van der Waals surface area (Å²) in [6.07, 6.45) is 0.587. The van der Waals surface area contributed by atoms with Crippen molar-refractivity contribution in [3.63, 3.8) is 0 Å². The number of rotatable bonds is 8. The smallest absolute Gasteiger partial charge is 0.411 e. The summed E-state index contributed by atoms with van der Waals surface area (Å²) in [4.78, 5) is 43.6. The van der Waals surface area contributed by atoms with E-state index in [9.17, 15) is 14.4 Å². The molecule has 10 heteroatoms. The van der Waals surface area contributed by atoms with Gasteiger partial charge in [-0.05, 0) is 56.6 Å². The number of benzene rings is 2. The van der Waals surface area contributed by atoms with Gasteiger partial charge >= 0.3 is 12.1 Å². The molecule has 232 valence electrons. The monoisotopic (exact) mass is 608 g/mol. The highest BCUT2D eigenvalue weighted by Gasteiger charge is 2.72. The van der Waals surface area contributed by atoms with Crippen molar-refractivity contribution in [1.82, 2.24) is 4.90 Å². The molecule has 3 aliphatic rings. The van der Waals surface area contributed by atoms with Crippen molar-refractivity contribution >= 4 is 32.4 Å². The average Bonchev–Trinajstić information content (AvgIpc) is 3.39. The summed E-state index contributed by atoms with van der Waals surface area (Å²) in [6.45, 7) is 17.2. The third-order valence-electron chi connectivity index (χ3n) is 9.36. The van der Waals surface area contributed by atoms with Crippen molar-refractivity contribution in [3.05, 3.63) is 59.2 Å². The Bertz CT molecular complexity index is 1410. The Hall–Kier alpha value is -3.37. The predicted molar refractivity (Wildman–Crippen MR) is 166 cm³/mol. The van der Waals surface area contributed by atoms with E-state index in [1.54, 1.807) is 17.0 Å². The van der Waals surface area contributed by atoms with E-state index in [2.05, 4.69) is 38.8 Å². The molecule has 0 saturated carbocycles. The Morgan fingerprint density at radius 3 is 2.33 bits per heavy atom. The van der Waals surface area contributed by atoms with E-state index in [1.807, 2.05) is 51.1 Å². The molecule has 43 heavy (non-hydrogen) atoms. The van der Waals surface area contributed by atoms with Crippen LogP contribution in [-0.4, -0.2) is 75.6 Å². The van der Waals surface area contributed by atoms with Gasteiger partial charge in [0.15, 0.2) is 8.32 Å². The van der Waals surface area contributed by atoms with Crippen LogP contribution in [0.25, 0.3) is 0 Å². The van der Waals surface area contributed by atoms with Crippen LogP contribution < -0.4 is 9.64 Å². The van der Waals surface area contributed by atoms with Crippen LogP contribution in [0.2, 0.25) is 18.1 Å². The number of nitrogens with zero attached hydrogens (tertiary/aromatic N) is 2. The molecule has 2 aromatic rings. The number of methoxy groups -OCH3 is 1. The molecule has 2 saturated heterocycles. The van der Waals surface area contributed by atoms with Gasteiger partial charge in [-0.15, -0.1) is 0 Å². The van der Waals surface area contributed by atoms with Gasteiger partial charge in [0.05, 0.1) is 37.4 Å². The third kappa shape index (κ3) is 5.44. The molecule has 3 aliphatic heterocycles. The molecule has 0 aliphatic carbocycles. The molecule has 0 aromatic heterocycles. The van der Waals surface area contributed by atoms with Crippen molar-refractivity contribution in [2.24, 2.45) is 0 Å². The average molecular weight is 609 g/mol. The van der Waals surface area contributed by atoms with Gasteiger partial charge in [0.1, 0.15) is 29.7 Å². The Morgan fingerprint density at radius 2 is 1.74 bits per heavy atom. The molecule has 0 spiro atoms. The minimum atomic E-state index is -2.30. The molecule has 5 rings (SSSR count). The van der Waals surface area contributed by atoms with Crippen LogP contribution in [0.15, 0.2) is 42.5 Å². The SMILES string of the molecule is COC(=O)c1cc(OCc2ccccc2)c2c(c1)N1C[C@H]3[C@@H]([C@@H]1[C@@]2(C=O)CO[Si](C)(C)C(C)(C)C)N3C(=O)OC(C)(C)C. The van der Waals surface area contributed by atoms with E-state index in [-0.39, 0.29) is 36.4 Å². The first-order valence-electron chi connectivity index (χ1n) is 14.9. The van der Waals surface area contributed by atoms with Crippen LogP contribution in [0.3, 0.4) is 0 Å². The first kappa shape index (κ1) is 31.1. The molecular formula is C33H44N2O7Si. The van der Waals surface area contributed by atoms with Crippen molar-refractivity contribution in [2.45, 2.75) is 95.4 Å². The number of hydrogen-bond acceptors (Lipinski definition) is 8. The molecule has 2 aromatic carbocycles. The van der Waals surface area contributed by atoms with Crippen molar-refractivity contribution in [2.75, 3.05) is 25.2 Å². The lowest BCUT2D eigenvalue weighted by molar-refractivity contribution is -0.114. The topological polar surface area (TPSA) is 94.4 Å². The number of carbonyl (C=O) groups excluding carboxylic acids is 3. The molecule has 9 nitrogen and oxygen atoms in total. The maximum Gasteiger partial charge on any atom is 0.411 e.